The zero-order valence-corrected chi connectivity index (χ0v) is 17.4. The molecule has 0 bridgehead atoms. The van der Waals surface area contributed by atoms with Crippen molar-refractivity contribution in [1.82, 2.24) is 5.32 Å². The topological polar surface area (TPSA) is 30.5 Å². The van der Waals surface area contributed by atoms with E-state index in [0.29, 0.717) is 13.2 Å². The molecule has 0 saturated heterocycles. The van der Waals surface area contributed by atoms with Crippen molar-refractivity contribution in [3.05, 3.63) is 92.9 Å². The van der Waals surface area contributed by atoms with Crippen molar-refractivity contribution >= 4 is 27.5 Å². The van der Waals surface area contributed by atoms with Crippen LogP contribution in [0.25, 0.3) is 0 Å². The molecule has 0 radical (unpaired) electrons. The maximum atomic E-state index is 6.03. The Morgan fingerprint density at radius 3 is 2.30 bits per heavy atom. The van der Waals surface area contributed by atoms with E-state index in [1.165, 1.54) is 5.56 Å². The zero-order chi connectivity index (χ0) is 19.1. The molecule has 0 aromatic heterocycles. The fraction of sp³-hybridized carbons (Fsp3) is 0.182. The molecule has 0 aliphatic rings. The number of nitrogens with one attached hydrogen (secondary N) is 1. The Labute approximate surface area is 173 Å². The van der Waals surface area contributed by atoms with E-state index in [1.807, 2.05) is 48.5 Å². The monoisotopic (exact) mass is 445 g/mol. The van der Waals surface area contributed by atoms with Gasteiger partial charge in [0.15, 0.2) is 0 Å². The van der Waals surface area contributed by atoms with Crippen LogP contribution in [0.1, 0.15) is 16.7 Å². The van der Waals surface area contributed by atoms with Gasteiger partial charge in [0.2, 0.25) is 0 Å². The van der Waals surface area contributed by atoms with E-state index in [2.05, 4.69) is 39.4 Å². The summed E-state index contributed by atoms with van der Waals surface area (Å²) in [5.41, 5.74) is 3.39. The summed E-state index contributed by atoms with van der Waals surface area (Å²) in [6.45, 7) is 1.98. The Hall–Kier alpha value is -2.01. The molecular weight excluding hydrogens is 426 g/mol. The van der Waals surface area contributed by atoms with Gasteiger partial charge < -0.3 is 14.8 Å². The third-order valence-corrected chi connectivity index (χ3v) is 4.88. The third-order valence-electron chi connectivity index (χ3n) is 4.13. The summed E-state index contributed by atoms with van der Waals surface area (Å²) >= 11 is 9.48. The van der Waals surface area contributed by atoms with Crippen LogP contribution in [0.15, 0.2) is 71.2 Å². The van der Waals surface area contributed by atoms with Gasteiger partial charge in [-0.05, 0) is 53.6 Å². The highest BCUT2D eigenvalue weighted by Crippen LogP contribution is 2.24. The van der Waals surface area contributed by atoms with Crippen molar-refractivity contribution in [2.24, 2.45) is 0 Å². The lowest BCUT2D eigenvalue weighted by Crippen LogP contribution is -2.13. The fourth-order valence-corrected chi connectivity index (χ4v) is 3.19. The minimum absolute atomic E-state index is 0.504. The van der Waals surface area contributed by atoms with Crippen LogP contribution >= 0.6 is 27.5 Å². The molecular formula is C22H21BrClNO2. The van der Waals surface area contributed by atoms with Gasteiger partial charge in [-0.3, -0.25) is 0 Å². The molecule has 0 spiro atoms. The number of methoxy groups -OCH3 is 1. The van der Waals surface area contributed by atoms with Gasteiger partial charge in [0.05, 0.1) is 7.11 Å². The number of ether oxygens (including phenoxy) is 2. The van der Waals surface area contributed by atoms with Crippen LogP contribution in [0.2, 0.25) is 5.02 Å². The highest BCUT2D eigenvalue weighted by molar-refractivity contribution is 9.10. The average molecular weight is 447 g/mol. The SMILES string of the molecule is COc1ccc(CNCc2cc(Br)ccc2OCc2ccc(Cl)cc2)cc1. The highest BCUT2D eigenvalue weighted by Gasteiger charge is 2.06. The molecule has 0 aliphatic heterocycles. The zero-order valence-electron chi connectivity index (χ0n) is 15.0. The van der Waals surface area contributed by atoms with Crippen LogP contribution in [0.5, 0.6) is 11.5 Å². The second kappa shape index (κ2) is 9.79. The Morgan fingerprint density at radius 1 is 0.889 bits per heavy atom. The number of benzene rings is 3. The van der Waals surface area contributed by atoms with Crippen molar-refractivity contribution < 1.29 is 9.47 Å². The van der Waals surface area contributed by atoms with Crippen LogP contribution in [-0.4, -0.2) is 7.11 Å². The number of hydrogen-bond donors (Lipinski definition) is 1. The molecule has 0 saturated carbocycles. The standard InChI is InChI=1S/C22H21BrClNO2/c1-26-21-9-4-16(5-10-21)13-25-14-18-12-19(23)6-11-22(18)27-15-17-2-7-20(24)8-3-17/h2-12,25H,13-15H2,1H3. The second-order valence-electron chi connectivity index (χ2n) is 6.12. The van der Waals surface area contributed by atoms with E-state index in [0.717, 1.165) is 38.7 Å². The molecule has 3 aromatic carbocycles. The van der Waals surface area contributed by atoms with Gasteiger partial charge in [-0.2, -0.15) is 0 Å². The second-order valence-corrected chi connectivity index (χ2v) is 7.47. The predicted molar refractivity (Wildman–Crippen MR) is 113 cm³/mol. The minimum atomic E-state index is 0.504. The molecule has 0 amide bonds. The average Bonchev–Trinajstić information content (AvgIpc) is 2.69. The maximum Gasteiger partial charge on any atom is 0.124 e. The van der Waals surface area contributed by atoms with Gasteiger partial charge in [-0.15, -0.1) is 0 Å². The van der Waals surface area contributed by atoms with Gasteiger partial charge in [-0.25, -0.2) is 0 Å². The predicted octanol–water partition coefficient (Wildman–Crippen LogP) is 5.98. The van der Waals surface area contributed by atoms with Gasteiger partial charge in [0.1, 0.15) is 18.1 Å². The van der Waals surface area contributed by atoms with Crippen LogP contribution in [0.3, 0.4) is 0 Å². The fourth-order valence-electron chi connectivity index (χ4n) is 2.65. The molecule has 5 heteroatoms. The number of rotatable bonds is 8. The molecule has 0 heterocycles. The number of hydrogen-bond acceptors (Lipinski definition) is 3. The molecule has 3 rings (SSSR count). The van der Waals surface area contributed by atoms with Crippen LogP contribution in [-0.2, 0) is 19.7 Å². The Bertz CT molecular complexity index is 866. The van der Waals surface area contributed by atoms with Crippen LogP contribution in [0.4, 0.5) is 0 Å². The van der Waals surface area contributed by atoms with Crippen LogP contribution in [0, 0.1) is 0 Å². The van der Waals surface area contributed by atoms with E-state index in [-0.39, 0.29) is 0 Å². The summed E-state index contributed by atoms with van der Waals surface area (Å²) in [6.07, 6.45) is 0. The summed E-state index contributed by atoms with van der Waals surface area (Å²) in [7, 11) is 1.67. The summed E-state index contributed by atoms with van der Waals surface area (Å²) in [5, 5.41) is 4.20. The molecule has 1 N–H and O–H groups in total. The first kappa shape index (κ1) is 19.7. The quantitative estimate of drug-likeness (QED) is 0.462. The lowest BCUT2D eigenvalue weighted by Gasteiger charge is -2.13. The lowest BCUT2D eigenvalue weighted by atomic mass is 10.1. The minimum Gasteiger partial charge on any atom is -0.497 e. The largest absolute Gasteiger partial charge is 0.497 e. The Kier molecular flexibility index (Phi) is 7.16. The molecule has 0 aliphatic carbocycles. The highest BCUT2D eigenvalue weighted by atomic mass is 79.9. The molecule has 27 heavy (non-hydrogen) atoms. The first-order valence-corrected chi connectivity index (χ1v) is 9.80. The van der Waals surface area contributed by atoms with E-state index in [4.69, 9.17) is 21.1 Å². The van der Waals surface area contributed by atoms with E-state index in [1.54, 1.807) is 7.11 Å². The van der Waals surface area contributed by atoms with Gasteiger partial charge in [0.25, 0.3) is 0 Å². The van der Waals surface area contributed by atoms with Crippen molar-refractivity contribution in [2.75, 3.05) is 7.11 Å². The summed E-state index contributed by atoms with van der Waals surface area (Å²) in [5.74, 6) is 1.74. The van der Waals surface area contributed by atoms with E-state index < -0.39 is 0 Å². The van der Waals surface area contributed by atoms with Crippen LogP contribution < -0.4 is 14.8 Å². The number of halogens is 2. The van der Waals surface area contributed by atoms with Gasteiger partial charge in [0, 0.05) is 28.1 Å². The first-order valence-electron chi connectivity index (χ1n) is 8.63. The van der Waals surface area contributed by atoms with Gasteiger partial charge >= 0.3 is 0 Å². The van der Waals surface area contributed by atoms with Gasteiger partial charge in [-0.1, -0.05) is 51.8 Å². The van der Waals surface area contributed by atoms with Crippen molar-refractivity contribution in [3.63, 3.8) is 0 Å². The molecule has 140 valence electrons. The van der Waals surface area contributed by atoms with E-state index in [9.17, 15) is 0 Å². The van der Waals surface area contributed by atoms with Crippen molar-refractivity contribution in [1.29, 1.82) is 0 Å². The Morgan fingerprint density at radius 2 is 1.59 bits per heavy atom. The first-order chi connectivity index (χ1) is 13.1. The van der Waals surface area contributed by atoms with E-state index >= 15 is 0 Å². The molecule has 0 fully saturated rings. The molecule has 0 atom stereocenters. The van der Waals surface area contributed by atoms with Crippen molar-refractivity contribution in [3.8, 4) is 11.5 Å². The third kappa shape index (κ3) is 5.99. The lowest BCUT2D eigenvalue weighted by molar-refractivity contribution is 0.302. The maximum absolute atomic E-state index is 6.03. The molecule has 3 aromatic rings. The van der Waals surface area contributed by atoms with Crippen molar-refractivity contribution in [2.45, 2.75) is 19.7 Å². The summed E-state index contributed by atoms with van der Waals surface area (Å²) < 4.78 is 12.3. The smallest absolute Gasteiger partial charge is 0.124 e. The molecule has 3 nitrogen and oxygen atoms in total. The normalized spacial score (nSPS) is 10.6. The summed E-state index contributed by atoms with van der Waals surface area (Å²) in [4.78, 5) is 0. The molecule has 0 unspecified atom stereocenters. The summed E-state index contributed by atoms with van der Waals surface area (Å²) in [6, 6.07) is 21.8. The Balaban J connectivity index is 1.60.